The van der Waals surface area contributed by atoms with Crippen LogP contribution in [0.15, 0.2) is 6.20 Å². The fourth-order valence-electron chi connectivity index (χ4n) is 1.56. The molecule has 0 bridgehead atoms. The Bertz CT molecular complexity index is 497. The number of anilines is 2. The zero-order chi connectivity index (χ0) is 12.3. The number of nitrogens with zero attached hydrogens (tertiary/aromatic N) is 4. The van der Waals surface area contributed by atoms with E-state index in [1.54, 1.807) is 20.4 Å². The van der Waals surface area contributed by atoms with Crippen LogP contribution in [-0.2, 0) is 4.74 Å². The molecule has 0 aromatic carbocycles. The van der Waals surface area contributed by atoms with Gasteiger partial charge in [0.15, 0.2) is 5.65 Å². The van der Waals surface area contributed by atoms with Crippen molar-refractivity contribution in [1.29, 1.82) is 0 Å². The van der Waals surface area contributed by atoms with Crippen LogP contribution in [-0.4, -0.2) is 54.5 Å². The van der Waals surface area contributed by atoms with Gasteiger partial charge in [0, 0.05) is 27.7 Å². The maximum atomic E-state index is 5.06. The van der Waals surface area contributed by atoms with E-state index in [4.69, 9.17) is 4.74 Å². The van der Waals surface area contributed by atoms with Gasteiger partial charge in [-0.15, -0.1) is 0 Å². The summed E-state index contributed by atoms with van der Waals surface area (Å²) in [6.07, 6.45) is 1.73. The molecule has 2 rings (SSSR count). The van der Waals surface area contributed by atoms with Crippen molar-refractivity contribution in [1.82, 2.24) is 20.2 Å². The van der Waals surface area contributed by atoms with Crippen molar-refractivity contribution in [3.05, 3.63) is 6.20 Å². The number of likely N-dealkylation sites (N-methyl/N-ethyl adjacent to an activating group) is 1. The fraction of sp³-hybridized carbons (Fsp3) is 0.500. The maximum Gasteiger partial charge on any atom is 0.226 e. The second-order valence-electron chi connectivity index (χ2n) is 3.67. The van der Waals surface area contributed by atoms with E-state index in [0.29, 0.717) is 12.6 Å². The second-order valence-corrected chi connectivity index (χ2v) is 3.67. The Balaban J connectivity index is 2.39. The van der Waals surface area contributed by atoms with Crippen molar-refractivity contribution in [2.45, 2.75) is 0 Å². The lowest BCUT2D eigenvalue weighted by Gasteiger charge is -2.18. The van der Waals surface area contributed by atoms with E-state index in [9.17, 15) is 0 Å². The van der Waals surface area contributed by atoms with Crippen LogP contribution in [0.3, 0.4) is 0 Å². The van der Waals surface area contributed by atoms with E-state index in [1.165, 1.54) is 0 Å². The average molecular weight is 236 g/mol. The molecule has 0 aliphatic carbocycles. The number of methoxy groups -OCH3 is 1. The fourth-order valence-corrected chi connectivity index (χ4v) is 1.56. The molecule has 0 spiro atoms. The highest BCUT2D eigenvalue weighted by molar-refractivity contribution is 5.87. The van der Waals surface area contributed by atoms with Gasteiger partial charge in [0.1, 0.15) is 5.82 Å². The lowest BCUT2D eigenvalue weighted by molar-refractivity contribution is 0.206. The monoisotopic (exact) mass is 236 g/mol. The number of hydrogen-bond donors (Lipinski definition) is 2. The van der Waals surface area contributed by atoms with E-state index in [1.807, 2.05) is 11.9 Å². The molecule has 0 fully saturated rings. The quantitative estimate of drug-likeness (QED) is 0.786. The number of aromatic amines is 1. The van der Waals surface area contributed by atoms with Crippen molar-refractivity contribution in [2.24, 2.45) is 0 Å². The first-order valence-electron chi connectivity index (χ1n) is 5.35. The van der Waals surface area contributed by atoms with Gasteiger partial charge < -0.3 is 15.0 Å². The first kappa shape index (κ1) is 11.6. The molecule has 0 aliphatic heterocycles. The summed E-state index contributed by atoms with van der Waals surface area (Å²) >= 11 is 0. The molecule has 7 nitrogen and oxygen atoms in total. The number of H-pyrrole nitrogens is 1. The third-order valence-electron chi connectivity index (χ3n) is 2.51. The zero-order valence-electron chi connectivity index (χ0n) is 10.2. The van der Waals surface area contributed by atoms with E-state index < -0.39 is 0 Å². The number of rotatable bonds is 5. The molecule has 0 saturated carbocycles. The summed E-state index contributed by atoms with van der Waals surface area (Å²) in [5.41, 5.74) is 0.726. The molecule has 2 aromatic heterocycles. The van der Waals surface area contributed by atoms with E-state index in [-0.39, 0.29) is 0 Å². The van der Waals surface area contributed by atoms with Gasteiger partial charge in [-0.3, -0.25) is 5.10 Å². The normalized spacial score (nSPS) is 10.8. The third kappa shape index (κ3) is 2.28. The summed E-state index contributed by atoms with van der Waals surface area (Å²) in [4.78, 5) is 10.7. The van der Waals surface area contributed by atoms with Crippen LogP contribution in [0.2, 0.25) is 0 Å². The van der Waals surface area contributed by atoms with E-state index in [2.05, 4.69) is 25.5 Å². The van der Waals surface area contributed by atoms with Gasteiger partial charge in [-0.25, -0.2) is 0 Å². The first-order chi connectivity index (χ1) is 8.26. The summed E-state index contributed by atoms with van der Waals surface area (Å²) in [6.45, 7) is 1.41. The molecule has 2 heterocycles. The maximum absolute atomic E-state index is 5.06. The number of nitrogens with one attached hydrogen (secondary N) is 2. The van der Waals surface area contributed by atoms with Gasteiger partial charge in [-0.1, -0.05) is 0 Å². The Hall–Kier alpha value is -1.89. The minimum Gasteiger partial charge on any atom is -0.383 e. The summed E-state index contributed by atoms with van der Waals surface area (Å²) < 4.78 is 5.06. The summed E-state index contributed by atoms with van der Waals surface area (Å²) in [5, 5.41) is 10.7. The van der Waals surface area contributed by atoms with Crippen molar-refractivity contribution in [3.8, 4) is 0 Å². The van der Waals surface area contributed by atoms with Crippen LogP contribution in [0.1, 0.15) is 0 Å². The Labute approximate surface area is 99.2 Å². The molecule has 0 unspecified atom stereocenters. The highest BCUT2D eigenvalue weighted by Gasteiger charge is 2.12. The van der Waals surface area contributed by atoms with Crippen LogP contribution in [0.4, 0.5) is 11.8 Å². The van der Waals surface area contributed by atoms with Crippen LogP contribution >= 0.6 is 0 Å². The molecule has 92 valence electrons. The van der Waals surface area contributed by atoms with Crippen molar-refractivity contribution in [2.75, 3.05) is 44.6 Å². The topological polar surface area (TPSA) is 79.0 Å². The predicted molar refractivity (Wildman–Crippen MR) is 66.4 cm³/mol. The molecule has 0 aliphatic rings. The second kappa shape index (κ2) is 4.96. The lowest BCUT2D eigenvalue weighted by atomic mass is 10.3. The summed E-state index contributed by atoms with van der Waals surface area (Å²) in [7, 11) is 5.43. The molecule has 0 amide bonds. The Morgan fingerprint density at radius 3 is 3.00 bits per heavy atom. The number of hydrogen-bond acceptors (Lipinski definition) is 6. The molecule has 2 aromatic rings. The Kier molecular flexibility index (Phi) is 3.38. The molecule has 0 saturated heterocycles. The minimum atomic E-state index is 0.570. The van der Waals surface area contributed by atoms with Gasteiger partial charge in [-0.05, 0) is 0 Å². The number of ether oxygens (including phenoxy) is 1. The first-order valence-corrected chi connectivity index (χ1v) is 5.35. The van der Waals surface area contributed by atoms with E-state index >= 15 is 0 Å². The summed E-state index contributed by atoms with van der Waals surface area (Å²) in [6, 6.07) is 0. The van der Waals surface area contributed by atoms with Crippen LogP contribution in [0.25, 0.3) is 11.0 Å². The zero-order valence-corrected chi connectivity index (χ0v) is 10.2. The number of aromatic nitrogens is 4. The standard InChI is InChI=1S/C10H16N6O/c1-11-10-13-8-7(6-12-15-8)9(14-10)16(2)4-5-17-3/h6H,4-5H2,1-3H3,(H2,11,12,13,14,15). The molecule has 0 radical (unpaired) electrons. The largest absolute Gasteiger partial charge is 0.383 e. The summed E-state index contributed by atoms with van der Waals surface area (Å²) in [5.74, 6) is 1.41. The average Bonchev–Trinajstić information content (AvgIpc) is 2.82. The Morgan fingerprint density at radius 2 is 2.29 bits per heavy atom. The van der Waals surface area contributed by atoms with Crippen LogP contribution < -0.4 is 10.2 Å². The Morgan fingerprint density at radius 1 is 1.47 bits per heavy atom. The van der Waals surface area contributed by atoms with Crippen molar-refractivity contribution < 1.29 is 4.74 Å². The molecule has 0 atom stereocenters. The smallest absolute Gasteiger partial charge is 0.226 e. The van der Waals surface area contributed by atoms with Crippen molar-refractivity contribution >= 4 is 22.8 Å². The molecule has 7 heteroatoms. The molecular formula is C10H16N6O. The molecule has 2 N–H and O–H groups in total. The number of fused-ring (bicyclic) bond motifs is 1. The molecular weight excluding hydrogens is 220 g/mol. The van der Waals surface area contributed by atoms with Gasteiger partial charge in [0.2, 0.25) is 5.95 Å². The molecule has 17 heavy (non-hydrogen) atoms. The minimum absolute atomic E-state index is 0.570. The predicted octanol–water partition coefficient (Wildman–Crippen LogP) is 0.477. The van der Waals surface area contributed by atoms with Gasteiger partial charge in [0.25, 0.3) is 0 Å². The van der Waals surface area contributed by atoms with Gasteiger partial charge >= 0.3 is 0 Å². The highest BCUT2D eigenvalue weighted by atomic mass is 16.5. The van der Waals surface area contributed by atoms with E-state index in [0.717, 1.165) is 23.4 Å². The third-order valence-corrected chi connectivity index (χ3v) is 2.51. The van der Waals surface area contributed by atoms with Gasteiger partial charge in [-0.2, -0.15) is 15.1 Å². The van der Waals surface area contributed by atoms with Crippen molar-refractivity contribution in [3.63, 3.8) is 0 Å². The van der Waals surface area contributed by atoms with Crippen LogP contribution in [0.5, 0.6) is 0 Å². The SMILES string of the molecule is CNc1nc(N(C)CCOC)c2cn[nH]c2n1. The van der Waals surface area contributed by atoms with Crippen LogP contribution in [0, 0.1) is 0 Å². The highest BCUT2D eigenvalue weighted by Crippen LogP contribution is 2.22. The lowest BCUT2D eigenvalue weighted by Crippen LogP contribution is -2.23. The van der Waals surface area contributed by atoms with Gasteiger partial charge in [0.05, 0.1) is 18.2 Å².